The Morgan fingerprint density at radius 2 is 1.88 bits per heavy atom. The van der Waals surface area contributed by atoms with Gasteiger partial charge in [0.2, 0.25) is 6.23 Å². The molecule has 2 atom stereocenters. The molecule has 0 N–H and O–H groups in total. The van der Waals surface area contributed by atoms with E-state index >= 15 is 0 Å². The maximum absolute atomic E-state index is 6.30. The number of benzene rings is 2. The minimum Gasteiger partial charge on any atom is -0.464 e. The highest BCUT2D eigenvalue weighted by atomic mass is 35.5. The number of rotatable bonds is 2. The largest absolute Gasteiger partial charge is 0.464 e. The fourth-order valence-corrected chi connectivity index (χ4v) is 4.34. The Morgan fingerprint density at radius 1 is 1.04 bits per heavy atom. The second-order valence-electron chi connectivity index (χ2n) is 6.18. The first-order valence-corrected chi connectivity index (χ1v) is 9.46. The lowest BCUT2D eigenvalue weighted by molar-refractivity contribution is -0.0165. The summed E-state index contributed by atoms with van der Waals surface area (Å²) in [6.07, 6.45) is 0.689. The summed E-state index contributed by atoms with van der Waals surface area (Å²) in [6, 6.07) is 20.5. The molecule has 2 aliphatic rings. The van der Waals surface area contributed by atoms with Gasteiger partial charge in [0.1, 0.15) is 5.75 Å². The molecule has 5 rings (SSSR count). The van der Waals surface area contributed by atoms with E-state index < -0.39 is 0 Å². The number of halogens is 1. The van der Waals surface area contributed by atoms with Crippen LogP contribution >= 0.6 is 22.9 Å². The zero-order valence-corrected chi connectivity index (χ0v) is 14.9. The van der Waals surface area contributed by atoms with Crippen molar-refractivity contribution >= 4 is 28.6 Å². The number of thiophene rings is 1. The first kappa shape index (κ1) is 15.0. The van der Waals surface area contributed by atoms with Gasteiger partial charge in [-0.25, -0.2) is 5.01 Å². The molecule has 0 unspecified atom stereocenters. The molecule has 1 aromatic heterocycles. The van der Waals surface area contributed by atoms with Gasteiger partial charge in [0, 0.05) is 17.0 Å². The lowest BCUT2D eigenvalue weighted by atomic mass is 9.96. The molecule has 3 heterocycles. The predicted molar refractivity (Wildman–Crippen MR) is 101 cm³/mol. The number of para-hydroxylation sites is 1. The van der Waals surface area contributed by atoms with Crippen LogP contribution in [0.3, 0.4) is 0 Å². The number of ether oxygens (including phenoxy) is 1. The molecule has 0 saturated heterocycles. The van der Waals surface area contributed by atoms with Crippen molar-refractivity contribution in [3.8, 4) is 5.75 Å². The average Bonchev–Trinajstić information content (AvgIpc) is 3.32. The van der Waals surface area contributed by atoms with Crippen LogP contribution in [0.15, 0.2) is 71.1 Å². The molecular weight excluding hydrogens is 352 g/mol. The Labute approximate surface area is 155 Å². The van der Waals surface area contributed by atoms with Crippen LogP contribution in [0.1, 0.15) is 34.7 Å². The third kappa shape index (κ3) is 2.53. The average molecular weight is 367 g/mol. The summed E-state index contributed by atoms with van der Waals surface area (Å²) in [6.45, 7) is 0. The van der Waals surface area contributed by atoms with Crippen LogP contribution in [0, 0.1) is 0 Å². The topological polar surface area (TPSA) is 24.8 Å². The van der Waals surface area contributed by atoms with Gasteiger partial charge in [-0.15, -0.1) is 11.3 Å². The Balaban J connectivity index is 1.59. The second kappa shape index (κ2) is 5.90. The molecule has 3 nitrogen and oxygen atoms in total. The smallest absolute Gasteiger partial charge is 0.222 e. The quantitative estimate of drug-likeness (QED) is 0.586. The van der Waals surface area contributed by atoms with Crippen LogP contribution in [0.2, 0.25) is 5.02 Å². The van der Waals surface area contributed by atoms with Gasteiger partial charge in [-0.3, -0.25) is 0 Å². The molecule has 0 spiro atoms. The standard InChI is InChI=1S/C20H15ClN2OS/c21-14-9-7-13(8-10-14)16-12-17-15-4-1-2-5-18(15)24-20(23(17)22-16)19-6-3-11-25-19/h1-11,17,20H,12H2/t17-,20+/m0/s1. The van der Waals surface area contributed by atoms with E-state index in [0.717, 1.165) is 28.5 Å². The highest BCUT2D eigenvalue weighted by Crippen LogP contribution is 2.48. The van der Waals surface area contributed by atoms with Crippen molar-refractivity contribution < 1.29 is 4.74 Å². The molecule has 0 radical (unpaired) electrons. The van der Waals surface area contributed by atoms with Crippen LogP contribution in [0.5, 0.6) is 5.75 Å². The monoisotopic (exact) mass is 366 g/mol. The molecule has 3 aromatic rings. The van der Waals surface area contributed by atoms with Crippen LogP contribution in [-0.4, -0.2) is 10.7 Å². The summed E-state index contributed by atoms with van der Waals surface area (Å²) in [7, 11) is 0. The van der Waals surface area contributed by atoms with Crippen LogP contribution < -0.4 is 4.74 Å². The molecule has 0 fully saturated rings. The highest BCUT2D eigenvalue weighted by molar-refractivity contribution is 7.10. The van der Waals surface area contributed by atoms with Crippen LogP contribution in [0.4, 0.5) is 0 Å². The predicted octanol–water partition coefficient (Wildman–Crippen LogP) is 5.64. The first-order chi connectivity index (χ1) is 12.3. The maximum atomic E-state index is 6.30. The number of hydrogen-bond donors (Lipinski definition) is 0. The van der Waals surface area contributed by atoms with Gasteiger partial charge in [-0.05, 0) is 35.2 Å². The third-order valence-corrected chi connectivity index (χ3v) is 5.82. The molecule has 124 valence electrons. The van der Waals surface area contributed by atoms with E-state index in [1.54, 1.807) is 11.3 Å². The van der Waals surface area contributed by atoms with Crippen molar-refractivity contribution in [2.75, 3.05) is 0 Å². The fraction of sp³-hybridized carbons (Fsp3) is 0.150. The Morgan fingerprint density at radius 3 is 2.68 bits per heavy atom. The second-order valence-corrected chi connectivity index (χ2v) is 7.59. The van der Waals surface area contributed by atoms with Gasteiger partial charge in [0.05, 0.1) is 16.6 Å². The first-order valence-electron chi connectivity index (χ1n) is 8.20. The maximum Gasteiger partial charge on any atom is 0.222 e. The van der Waals surface area contributed by atoms with Crippen molar-refractivity contribution in [1.82, 2.24) is 5.01 Å². The van der Waals surface area contributed by atoms with E-state index in [9.17, 15) is 0 Å². The summed E-state index contributed by atoms with van der Waals surface area (Å²) in [5, 5.41) is 9.86. The summed E-state index contributed by atoms with van der Waals surface area (Å²) in [5.74, 6) is 0.953. The Bertz CT molecular complexity index is 937. The van der Waals surface area contributed by atoms with E-state index in [-0.39, 0.29) is 12.3 Å². The molecule has 5 heteroatoms. The molecule has 2 aliphatic heterocycles. The van der Waals surface area contributed by atoms with Crippen molar-refractivity contribution in [2.45, 2.75) is 18.7 Å². The minimum absolute atomic E-state index is 0.176. The third-order valence-electron chi connectivity index (χ3n) is 4.66. The molecule has 0 saturated carbocycles. The Kier molecular flexibility index (Phi) is 3.54. The van der Waals surface area contributed by atoms with Crippen LogP contribution in [0.25, 0.3) is 0 Å². The molecule has 0 aliphatic carbocycles. The van der Waals surface area contributed by atoms with E-state index in [4.69, 9.17) is 21.4 Å². The van der Waals surface area contributed by atoms with E-state index in [2.05, 4.69) is 34.7 Å². The molecule has 0 bridgehead atoms. The summed E-state index contributed by atoms with van der Waals surface area (Å²) < 4.78 is 6.30. The minimum atomic E-state index is -0.176. The van der Waals surface area contributed by atoms with Crippen molar-refractivity contribution in [3.05, 3.63) is 87.1 Å². The molecule has 2 aromatic carbocycles. The summed E-state index contributed by atoms with van der Waals surface area (Å²) >= 11 is 7.73. The van der Waals surface area contributed by atoms with E-state index in [1.165, 1.54) is 10.4 Å². The van der Waals surface area contributed by atoms with Gasteiger partial charge >= 0.3 is 0 Å². The lowest BCUT2D eigenvalue weighted by Crippen LogP contribution is -2.33. The zero-order valence-electron chi connectivity index (χ0n) is 13.3. The van der Waals surface area contributed by atoms with Gasteiger partial charge < -0.3 is 4.74 Å². The van der Waals surface area contributed by atoms with Crippen molar-refractivity contribution in [1.29, 1.82) is 0 Å². The van der Waals surface area contributed by atoms with Gasteiger partial charge in [0.25, 0.3) is 0 Å². The number of hydrogen-bond acceptors (Lipinski definition) is 4. The molecule has 25 heavy (non-hydrogen) atoms. The number of nitrogens with zero attached hydrogens (tertiary/aromatic N) is 2. The zero-order chi connectivity index (χ0) is 16.8. The van der Waals surface area contributed by atoms with Gasteiger partial charge in [-0.2, -0.15) is 5.10 Å². The SMILES string of the molecule is Clc1ccc(C2=NN3[C@@H](c4cccs4)Oc4ccccc4[C@@H]3C2)cc1. The fourth-order valence-electron chi connectivity index (χ4n) is 3.47. The van der Waals surface area contributed by atoms with Gasteiger partial charge in [0.15, 0.2) is 0 Å². The summed E-state index contributed by atoms with van der Waals surface area (Å²) in [4.78, 5) is 1.17. The van der Waals surface area contributed by atoms with Crippen molar-refractivity contribution in [3.63, 3.8) is 0 Å². The van der Waals surface area contributed by atoms with E-state index in [0.29, 0.717) is 0 Å². The Hall–Kier alpha value is -2.30. The molecule has 0 amide bonds. The molecular formula is C20H15ClN2OS. The van der Waals surface area contributed by atoms with Crippen molar-refractivity contribution in [2.24, 2.45) is 5.10 Å². The van der Waals surface area contributed by atoms with Crippen LogP contribution in [-0.2, 0) is 0 Å². The normalized spacial score (nSPS) is 21.3. The summed E-state index contributed by atoms with van der Waals surface area (Å²) in [5.41, 5.74) is 3.38. The number of fused-ring (bicyclic) bond motifs is 3. The highest BCUT2D eigenvalue weighted by Gasteiger charge is 2.41. The lowest BCUT2D eigenvalue weighted by Gasteiger charge is -2.37. The van der Waals surface area contributed by atoms with E-state index in [1.807, 2.05) is 36.4 Å². The number of hydrazone groups is 1. The van der Waals surface area contributed by atoms with Gasteiger partial charge in [-0.1, -0.05) is 48.0 Å².